The van der Waals surface area contributed by atoms with E-state index in [4.69, 9.17) is 17.5 Å². The van der Waals surface area contributed by atoms with E-state index in [0.717, 1.165) is 0 Å². The van der Waals surface area contributed by atoms with Crippen molar-refractivity contribution in [3.63, 3.8) is 0 Å². The predicted octanol–water partition coefficient (Wildman–Crippen LogP) is -6.27. The van der Waals surface area contributed by atoms with E-state index in [0.29, 0.717) is 0 Å². The molecule has 19 N–H and O–H groups in total. The molecular formula is H19FeNO11S. The monoisotopic (exact) mass is 297 g/mol. The van der Waals surface area contributed by atoms with Gasteiger partial charge in [-0.25, -0.2) is 0 Å². The molecule has 0 aliphatic heterocycles. The van der Waals surface area contributed by atoms with Gasteiger partial charge in [-0.15, -0.1) is 0 Å². The zero-order valence-electron chi connectivity index (χ0n) is 6.68. The molecule has 0 spiro atoms. The van der Waals surface area contributed by atoms with Gasteiger partial charge in [0.1, 0.15) is 0 Å². The summed E-state index contributed by atoms with van der Waals surface area (Å²) in [6.07, 6.45) is 0. The van der Waals surface area contributed by atoms with Crippen LogP contribution in [-0.4, -0.2) is 55.9 Å². The van der Waals surface area contributed by atoms with E-state index in [9.17, 15) is 0 Å². The summed E-state index contributed by atoms with van der Waals surface area (Å²) in [6.45, 7) is 0. The molecule has 12 nitrogen and oxygen atoms in total. The first-order valence-electron chi connectivity index (χ1n) is 0.698. The summed E-state index contributed by atoms with van der Waals surface area (Å²) in [5.41, 5.74) is 0. The Kier molecular flexibility index (Phi) is 536. The molecule has 14 heavy (non-hydrogen) atoms. The summed E-state index contributed by atoms with van der Waals surface area (Å²) in [5, 5.41) is 0. The van der Waals surface area contributed by atoms with Gasteiger partial charge in [0.15, 0.2) is 0 Å². The van der Waals surface area contributed by atoms with Crippen LogP contribution in [-0.2, 0) is 27.5 Å². The van der Waals surface area contributed by atoms with E-state index in [-0.39, 0.29) is 61.6 Å². The summed E-state index contributed by atoms with van der Waals surface area (Å²) in [5.74, 6) is 0. The van der Waals surface area contributed by atoms with Crippen LogP contribution < -0.4 is 6.15 Å². The van der Waals surface area contributed by atoms with Gasteiger partial charge in [-0.2, -0.15) is 8.42 Å². The van der Waals surface area contributed by atoms with Crippen molar-refractivity contribution in [3.8, 4) is 0 Å². The minimum Gasteiger partial charge on any atom is -0.412 e. The van der Waals surface area contributed by atoms with E-state index in [2.05, 4.69) is 0 Å². The van der Waals surface area contributed by atoms with Gasteiger partial charge in [0.2, 0.25) is 0 Å². The smallest absolute Gasteiger partial charge is 0.394 e. The molecule has 0 amide bonds. The van der Waals surface area contributed by atoms with Gasteiger partial charge in [-0.05, 0) is 0 Å². The average molecular weight is 297 g/mol. The Morgan fingerprint density at radius 3 is 0.643 bits per heavy atom. The van der Waals surface area contributed by atoms with Gasteiger partial charge in [0, 0.05) is 17.1 Å². The molecule has 0 saturated carbocycles. The molecule has 0 heterocycles. The van der Waals surface area contributed by atoms with Crippen LogP contribution in [0.4, 0.5) is 0 Å². The van der Waals surface area contributed by atoms with Crippen molar-refractivity contribution in [2.24, 2.45) is 0 Å². The third kappa shape index (κ3) is 306000. The van der Waals surface area contributed by atoms with E-state index in [1.165, 1.54) is 0 Å². The van der Waals surface area contributed by atoms with Crippen molar-refractivity contribution >= 4 is 10.4 Å². The van der Waals surface area contributed by atoms with Crippen LogP contribution in [0.1, 0.15) is 0 Å². The molecule has 0 fully saturated rings. The Balaban J connectivity index is -0.00000000222. The summed E-state index contributed by atoms with van der Waals surface area (Å²) >= 11 is 0. The second-order valence-electron chi connectivity index (χ2n) is 0.448. The van der Waals surface area contributed by atoms with Crippen molar-refractivity contribution in [1.82, 2.24) is 6.15 Å². The van der Waals surface area contributed by atoms with Gasteiger partial charge in [0.25, 0.3) is 0 Å². The maximum atomic E-state index is 8.74. The van der Waals surface area contributed by atoms with Crippen molar-refractivity contribution in [2.75, 3.05) is 0 Å². The summed E-state index contributed by atoms with van der Waals surface area (Å²) < 4.78 is 31.6. The topological polar surface area (TPSA) is 330 Å². The van der Waals surface area contributed by atoms with Crippen LogP contribution in [0.5, 0.6) is 0 Å². The Morgan fingerprint density at radius 1 is 0.643 bits per heavy atom. The van der Waals surface area contributed by atoms with Crippen molar-refractivity contribution in [1.29, 1.82) is 0 Å². The quantitative estimate of drug-likeness (QED) is 0.289. The van der Waals surface area contributed by atoms with Gasteiger partial charge >= 0.3 is 10.4 Å². The largest absolute Gasteiger partial charge is 0.412 e. The normalized spacial score (nSPS) is 4.14. The molecule has 0 aliphatic rings. The molecule has 0 atom stereocenters. The van der Waals surface area contributed by atoms with Gasteiger partial charge in [-0.3, -0.25) is 9.11 Å². The number of rotatable bonds is 0. The number of hydrogen-bond donors (Lipinski definition) is 3. The molecule has 0 saturated heterocycles. The molecule has 0 aromatic heterocycles. The predicted molar refractivity (Wildman–Crippen MR) is 44.5 cm³/mol. The Bertz CT molecular complexity index is 98.5. The SMILES string of the molecule is N.O.O.O.O.O.O.O.O=S(=O)(O)O.[Fe]. The standard InChI is InChI=1S/Fe.H3N.H2O4S.7H2O/c;;1-5(2,3)4;;;;;;;/h;1H3;(H2,1,2,3,4);7*1H2. The minimum absolute atomic E-state index is 0. The summed E-state index contributed by atoms with van der Waals surface area (Å²) in [6, 6.07) is 0. The van der Waals surface area contributed by atoms with Crippen LogP contribution in [0.2, 0.25) is 0 Å². The first kappa shape index (κ1) is 145. The molecule has 0 aliphatic carbocycles. The van der Waals surface area contributed by atoms with Crippen LogP contribution in [0, 0.1) is 0 Å². The van der Waals surface area contributed by atoms with Crippen molar-refractivity contribution in [3.05, 3.63) is 0 Å². The molecule has 0 rings (SSSR count). The first-order valence-corrected chi connectivity index (χ1v) is 2.10. The van der Waals surface area contributed by atoms with Crippen LogP contribution >= 0.6 is 0 Å². The maximum absolute atomic E-state index is 8.74. The van der Waals surface area contributed by atoms with Crippen molar-refractivity contribution in [2.45, 2.75) is 0 Å². The van der Waals surface area contributed by atoms with Crippen LogP contribution in [0.25, 0.3) is 0 Å². The molecule has 104 valence electrons. The van der Waals surface area contributed by atoms with E-state index in [1.807, 2.05) is 0 Å². The summed E-state index contributed by atoms with van der Waals surface area (Å²) in [4.78, 5) is 0. The molecular weight excluding hydrogens is 278 g/mol. The molecule has 0 aromatic rings. The molecule has 0 radical (unpaired) electrons. The molecule has 14 heteroatoms. The fraction of sp³-hybridized carbons (Fsp3) is 0. The molecule has 0 aromatic carbocycles. The maximum Gasteiger partial charge on any atom is 0.394 e. The summed E-state index contributed by atoms with van der Waals surface area (Å²) in [7, 11) is -4.67. The third-order valence-corrected chi connectivity index (χ3v) is 0. The molecule has 0 unspecified atom stereocenters. The Hall–Kier alpha value is 0.0695. The zero-order valence-corrected chi connectivity index (χ0v) is 8.60. The van der Waals surface area contributed by atoms with Crippen molar-refractivity contribution < 1.29 is 72.9 Å². The van der Waals surface area contributed by atoms with Gasteiger partial charge < -0.3 is 44.5 Å². The first-order chi connectivity index (χ1) is 2.00. The third-order valence-electron chi connectivity index (χ3n) is 0. The van der Waals surface area contributed by atoms with Crippen LogP contribution in [0.3, 0.4) is 0 Å². The van der Waals surface area contributed by atoms with Gasteiger partial charge in [-0.1, -0.05) is 0 Å². The van der Waals surface area contributed by atoms with E-state index < -0.39 is 10.4 Å². The van der Waals surface area contributed by atoms with Crippen LogP contribution in [0.15, 0.2) is 0 Å². The Morgan fingerprint density at radius 2 is 0.643 bits per heavy atom. The second-order valence-corrected chi connectivity index (χ2v) is 1.34. The number of hydrogen-bond acceptors (Lipinski definition) is 3. The second kappa shape index (κ2) is 51.7. The van der Waals surface area contributed by atoms with E-state index >= 15 is 0 Å². The Labute approximate surface area is 90.1 Å². The average Bonchev–Trinajstić information content (AvgIpc) is 0.722. The van der Waals surface area contributed by atoms with E-state index in [1.54, 1.807) is 0 Å². The van der Waals surface area contributed by atoms with Gasteiger partial charge in [0.05, 0.1) is 0 Å². The fourth-order valence-corrected chi connectivity index (χ4v) is 0. The molecule has 0 bridgehead atoms. The fourth-order valence-electron chi connectivity index (χ4n) is 0. The zero-order chi connectivity index (χ0) is 4.50. The minimum atomic E-state index is -4.67.